The summed E-state index contributed by atoms with van der Waals surface area (Å²) in [6.45, 7) is 2.42. The first kappa shape index (κ1) is 17.7. The van der Waals surface area contributed by atoms with Gasteiger partial charge >= 0.3 is 0 Å². The second kappa shape index (κ2) is 8.81. The third kappa shape index (κ3) is 4.18. The Labute approximate surface area is 141 Å². The van der Waals surface area contributed by atoms with Gasteiger partial charge in [-0.3, -0.25) is 4.79 Å². The fourth-order valence-corrected chi connectivity index (χ4v) is 3.12. The number of fused-ring (bicyclic) bond motifs is 2. The average molecular weight is 329 g/mol. The van der Waals surface area contributed by atoms with Crippen LogP contribution in [-0.4, -0.2) is 35.2 Å². The predicted molar refractivity (Wildman–Crippen MR) is 91.5 cm³/mol. The second-order valence-corrected chi connectivity index (χ2v) is 5.67. The van der Waals surface area contributed by atoms with Crippen molar-refractivity contribution in [3.05, 3.63) is 41.2 Å². The largest absolute Gasteiger partial charge is 0.388 e. The molecule has 7 heteroatoms. The molecule has 1 heterocycles. The molecule has 7 nitrogen and oxygen atoms in total. The summed E-state index contributed by atoms with van der Waals surface area (Å²) >= 11 is 0. The van der Waals surface area contributed by atoms with E-state index in [9.17, 15) is 4.79 Å². The molecule has 128 valence electrons. The normalized spacial score (nSPS) is 16.1. The van der Waals surface area contributed by atoms with Crippen molar-refractivity contribution in [3.8, 4) is 0 Å². The molecule has 1 amide bonds. The predicted octanol–water partition coefficient (Wildman–Crippen LogP) is 1.47. The maximum atomic E-state index is 12.5. The first-order valence-electron chi connectivity index (χ1n) is 7.97. The first-order valence-corrected chi connectivity index (χ1v) is 7.97. The molecule has 1 aromatic carbocycles. The molecule has 2 aromatic rings. The molecule has 2 bridgehead atoms. The maximum absolute atomic E-state index is 12.5. The number of rotatable bonds is 4. The molecule has 0 fully saturated rings. The van der Waals surface area contributed by atoms with Crippen LogP contribution in [0.3, 0.4) is 0 Å². The number of carbonyl (C=O) groups is 2. The molecule has 0 saturated heterocycles. The highest BCUT2D eigenvalue weighted by Crippen LogP contribution is 2.29. The number of carbonyl (C=O) groups excluding carboxylic acids is 2. The summed E-state index contributed by atoms with van der Waals surface area (Å²) in [6, 6.07) is 6.36. The Morgan fingerprint density at radius 2 is 2.17 bits per heavy atom. The third-order valence-electron chi connectivity index (χ3n) is 4.23. The van der Waals surface area contributed by atoms with E-state index in [-0.39, 0.29) is 11.8 Å². The average Bonchev–Trinajstić information content (AvgIpc) is 3.13. The van der Waals surface area contributed by atoms with Crippen LogP contribution >= 0.6 is 0 Å². The zero-order valence-corrected chi connectivity index (χ0v) is 13.8. The van der Waals surface area contributed by atoms with Gasteiger partial charge in [0, 0.05) is 18.7 Å². The van der Waals surface area contributed by atoms with Gasteiger partial charge in [0.15, 0.2) is 0 Å². The van der Waals surface area contributed by atoms with Crippen LogP contribution in [0, 0.1) is 5.92 Å². The summed E-state index contributed by atoms with van der Waals surface area (Å²) < 4.78 is 0. The molecule has 1 aliphatic carbocycles. The number of amides is 1. The number of aryl methyl sites for hydroxylation is 1. The monoisotopic (exact) mass is 329 g/mol. The van der Waals surface area contributed by atoms with E-state index in [1.165, 1.54) is 16.8 Å². The van der Waals surface area contributed by atoms with E-state index in [4.69, 9.17) is 4.79 Å². The number of para-hydroxylation sites is 1. The topological polar surface area (TPSA) is 99.8 Å². The van der Waals surface area contributed by atoms with Crippen LogP contribution in [0.4, 0.5) is 5.69 Å². The molecular weight excluding hydrogens is 306 g/mol. The van der Waals surface area contributed by atoms with Gasteiger partial charge in [0.1, 0.15) is 12.5 Å². The van der Waals surface area contributed by atoms with E-state index >= 15 is 0 Å². The fourth-order valence-electron chi connectivity index (χ4n) is 3.12. The van der Waals surface area contributed by atoms with Crippen LogP contribution < -0.4 is 10.6 Å². The molecule has 24 heavy (non-hydrogen) atoms. The minimum absolute atomic E-state index is 0.00884. The van der Waals surface area contributed by atoms with Gasteiger partial charge in [0.2, 0.25) is 5.91 Å². The maximum Gasteiger partial charge on any atom is 0.223 e. The molecular formula is C17H23N5O2. The summed E-state index contributed by atoms with van der Waals surface area (Å²) in [7, 11) is 1.95. The molecule has 0 radical (unpaired) electrons. The molecule has 0 spiro atoms. The molecule has 1 unspecified atom stereocenters. The molecule has 0 saturated carbocycles. The number of hydrogen-bond acceptors (Lipinski definition) is 5. The number of benzene rings is 1. The molecule has 3 N–H and O–H groups in total. The highest BCUT2D eigenvalue weighted by molar-refractivity contribution is 5.79. The zero-order chi connectivity index (χ0) is 17.4. The summed E-state index contributed by atoms with van der Waals surface area (Å²) in [5.74, 6) is 0.104. The molecule has 1 aliphatic rings. The van der Waals surface area contributed by atoms with Gasteiger partial charge in [-0.1, -0.05) is 18.2 Å². The lowest BCUT2D eigenvalue weighted by atomic mass is 9.86. The number of hydrogen-bond donors (Lipinski definition) is 3. The van der Waals surface area contributed by atoms with Crippen LogP contribution in [0.2, 0.25) is 0 Å². The van der Waals surface area contributed by atoms with Gasteiger partial charge in [-0.05, 0) is 36.8 Å². The smallest absolute Gasteiger partial charge is 0.223 e. The van der Waals surface area contributed by atoms with Gasteiger partial charge < -0.3 is 15.4 Å². The molecule has 0 aliphatic heterocycles. The lowest BCUT2D eigenvalue weighted by Crippen LogP contribution is -2.32. The minimum atomic E-state index is 0.00884. The van der Waals surface area contributed by atoms with E-state index in [0.29, 0.717) is 6.54 Å². The lowest BCUT2D eigenvalue weighted by Gasteiger charge is -2.23. The highest BCUT2D eigenvalue weighted by atomic mass is 16.1. The Morgan fingerprint density at radius 3 is 2.88 bits per heavy atom. The number of anilines is 1. The number of aromatic nitrogens is 3. The quantitative estimate of drug-likeness (QED) is 0.789. The van der Waals surface area contributed by atoms with Crippen molar-refractivity contribution in [1.29, 1.82) is 0 Å². The Hall–Kier alpha value is -2.70. The van der Waals surface area contributed by atoms with Crippen molar-refractivity contribution in [2.75, 3.05) is 12.4 Å². The second-order valence-electron chi connectivity index (χ2n) is 5.67. The van der Waals surface area contributed by atoms with E-state index in [1.807, 2.05) is 13.8 Å². The van der Waals surface area contributed by atoms with Crippen molar-refractivity contribution < 1.29 is 9.59 Å². The molecule has 1 atom stereocenters. The van der Waals surface area contributed by atoms with Gasteiger partial charge in [-0.25, -0.2) is 0 Å². The zero-order valence-electron chi connectivity index (χ0n) is 13.8. The molecule has 1 aromatic heterocycles. The van der Waals surface area contributed by atoms with Crippen molar-refractivity contribution in [2.24, 2.45) is 5.92 Å². The first-order chi connectivity index (χ1) is 11.8. The van der Waals surface area contributed by atoms with E-state index in [2.05, 4.69) is 44.2 Å². The van der Waals surface area contributed by atoms with Crippen molar-refractivity contribution >= 4 is 18.4 Å². The Balaban J connectivity index is 0.00000100. The number of nitrogens with zero attached hydrogens (tertiary/aromatic N) is 2. The van der Waals surface area contributed by atoms with Gasteiger partial charge in [0.25, 0.3) is 0 Å². The van der Waals surface area contributed by atoms with Crippen molar-refractivity contribution in [1.82, 2.24) is 20.7 Å². The summed E-state index contributed by atoms with van der Waals surface area (Å²) in [6.07, 6.45) is 5.35. The number of H-pyrrole nitrogens is 1. The fraction of sp³-hybridized carbons (Fsp3) is 0.412. The number of aromatic amines is 1. The van der Waals surface area contributed by atoms with Gasteiger partial charge in [-0.15, -0.1) is 0 Å². The van der Waals surface area contributed by atoms with E-state index in [1.54, 1.807) is 6.20 Å². The summed E-state index contributed by atoms with van der Waals surface area (Å²) in [5, 5.41) is 16.5. The molecule has 3 rings (SSSR count). The number of nitrogens with one attached hydrogen (secondary N) is 3. The third-order valence-corrected chi connectivity index (χ3v) is 4.23. The van der Waals surface area contributed by atoms with Crippen molar-refractivity contribution in [2.45, 2.75) is 32.2 Å². The van der Waals surface area contributed by atoms with Crippen LogP contribution in [0.15, 0.2) is 24.4 Å². The van der Waals surface area contributed by atoms with Gasteiger partial charge in [-0.2, -0.15) is 15.4 Å². The SMILES string of the molecule is C=O.CNc1c2cccc1CC(C(=O)NCc1cn[nH]n1)CCC2. The van der Waals surface area contributed by atoms with E-state index in [0.717, 1.165) is 31.4 Å². The standard InChI is InChI=1S/C16H21N5O.CH2O/c1-17-15-11-4-2-6-12(15)8-13(7-3-5-11)16(22)18-9-14-10-19-21-20-14;1-2/h2,4,6,10,13,17H,3,5,7-9H2,1H3,(H,18,22)(H,19,20,21);1H2. The van der Waals surface area contributed by atoms with Crippen molar-refractivity contribution in [3.63, 3.8) is 0 Å². The van der Waals surface area contributed by atoms with Crippen LogP contribution in [0.1, 0.15) is 29.7 Å². The lowest BCUT2D eigenvalue weighted by molar-refractivity contribution is -0.125. The van der Waals surface area contributed by atoms with Gasteiger partial charge in [0.05, 0.1) is 12.7 Å². The Kier molecular flexibility index (Phi) is 6.48. The van der Waals surface area contributed by atoms with Crippen LogP contribution in [0.25, 0.3) is 0 Å². The van der Waals surface area contributed by atoms with Crippen LogP contribution in [-0.2, 0) is 29.0 Å². The summed E-state index contributed by atoms with van der Waals surface area (Å²) in [5.41, 5.74) is 4.51. The minimum Gasteiger partial charge on any atom is -0.388 e. The summed E-state index contributed by atoms with van der Waals surface area (Å²) in [4.78, 5) is 20.5. The highest BCUT2D eigenvalue weighted by Gasteiger charge is 2.23. The Morgan fingerprint density at radius 1 is 1.38 bits per heavy atom. The Bertz CT molecular complexity index is 657. The van der Waals surface area contributed by atoms with E-state index < -0.39 is 0 Å². The van der Waals surface area contributed by atoms with Crippen LogP contribution in [0.5, 0.6) is 0 Å².